The molecule has 76 heavy (non-hydrogen) atoms. The average Bonchev–Trinajstić information content (AvgIpc) is 4.14. The zero-order valence-electron chi connectivity index (χ0n) is 45.0. The van der Waals surface area contributed by atoms with Gasteiger partial charge in [-0.2, -0.15) is 0 Å². The predicted octanol–water partition coefficient (Wildman–Crippen LogP) is 5.54. The number of pyridine rings is 1. The standard InChI is InChI=1S/C56H78N10O9S/c1-35(67)46-12-16-65(46)55(70)59-49-51(63-21-26-73-27-22-63)52-58-45(33-76-52)37-8-11-47-41(29-37)43(31-56(3,4)34-75-54(69)44-7-6-15-66(60-44)53(49)68)50(64(47)23-28-74-40-13-24-72-25-14-40)42-30-39(32-57-48(42)36(2)71-5)62-19-17-61(18-20-62)38-9-10-38/h8,11,29-30,32-33,35-36,38,40,44,46,49,51,60,67H,6-7,9-10,12-28,31,34H2,1-5H3,(H,59,70)/t35-,36+,44+,46+,49+,51+/m1/s1. The third-order valence-corrected chi connectivity index (χ3v) is 17.8. The maximum absolute atomic E-state index is 15.2. The van der Waals surface area contributed by atoms with Gasteiger partial charge in [0, 0.05) is 118 Å². The van der Waals surface area contributed by atoms with Gasteiger partial charge in [0.25, 0.3) is 5.91 Å². The van der Waals surface area contributed by atoms with Gasteiger partial charge < -0.3 is 48.5 Å². The number of thiazole rings is 1. The van der Waals surface area contributed by atoms with Gasteiger partial charge in [-0.15, -0.1) is 11.3 Å². The van der Waals surface area contributed by atoms with E-state index in [4.69, 9.17) is 33.7 Å². The molecule has 11 rings (SSSR count). The molecule has 0 radical (unpaired) electrons. The normalized spacial score (nSPS) is 26.2. The van der Waals surface area contributed by atoms with E-state index in [0.717, 1.165) is 95.4 Å². The van der Waals surface area contributed by atoms with Crippen molar-refractivity contribution in [3.8, 4) is 22.5 Å². The molecule has 1 aliphatic carbocycles. The van der Waals surface area contributed by atoms with Crippen LogP contribution >= 0.6 is 11.3 Å². The van der Waals surface area contributed by atoms with Crippen LogP contribution in [0.4, 0.5) is 10.5 Å². The fourth-order valence-corrected chi connectivity index (χ4v) is 13.3. The molecule has 6 fully saturated rings. The molecular weight excluding hydrogens is 989 g/mol. The van der Waals surface area contributed by atoms with Gasteiger partial charge >= 0.3 is 12.0 Å². The van der Waals surface area contributed by atoms with Crippen LogP contribution in [0.3, 0.4) is 0 Å². The number of aliphatic hydroxyl groups excluding tert-OH is 1. The van der Waals surface area contributed by atoms with Gasteiger partial charge in [0.15, 0.2) is 0 Å². The zero-order chi connectivity index (χ0) is 52.7. The number of esters is 1. The minimum absolute atomic E-state index is 0.115. The lowest BCUT2D eigenvalue weighted by atomic mass is 9.84. The van der Waals surface area contributed by atoms with Gasteiger partial charge in [-0.05, 0) is 89.0 Å². The number of ether oxygens (including phenoxy) is 5. The molecule has 5 saturated heterocycles. The van der Waals surface area contributed by atoms with Gasteiger partial charge in [0.1, 0.15) is 17.1 Å². The molecule has 7 aliphatic rings. The topological polar surface area (TPSA) is 189 Å². The summed E-state index contributed by atoms with van der Waals surface area (Å²) in [7, 11) is 1.74. The first-order valence-electron chi connectivity index (χ1n) is 28.0. The second-order valence-corrected chi connectivity index (χ2v) is 23.7. The van der Waals surface area contributed by atoms with Crippen molar-refractivity contribution in [1.82, 2.24) is 45.0 Å². The number of carbonyl (C=O) groups excluding carboxylic acids is 3. The molecule has 1 aromatic carbocycles. The largest absolute Gasteiger partial charge is 0.464 e. The van der Waals surface area contributed by atoms with E-state index >= 15 is 4.79 Å². The quantitative estimate of drug-likeness (QED) is 0.150. The van der Waals surface area contributed by atoms with Crippen LogP contribution < -0.4 is 15.6 Å². The fourth-order valence-electron chi connectivity index (χ4n) is 12.3. The molecule has 4 aromatic rings. The molecule has 20 heteroatoms. The van der Waals surface area contributed by atoms with Gasteiger partial charge in [0.05, 0.1) is 85.8 Å². The van der Waals surface area contributed by atoms with Crippen LogP contribution in [-0.2, 0) is 46.2 Å². The van der Waals surface area contributed by atoms with Crippen LogP contribution in [0, 0.1) is 5.41 Å². The van der Waals surface area contributed by atoms with Crippen molar-refractivity contribution in [3.05, 3.63) is 52.1 Å². The van der Waals surface area contributed by atoms with Gasteiger partial charge in [-0.3, -0.25) is 29.4 Å². The number of aromatic nitrogens is 3. The van der Waals surface area contributed by atoms with Crippen LogP contribution in [0.15, 0.2) is 35.8 Å². The Labute approximate surface area is 450 Å². The second-order valence-electron chi connectivity index (χ2n) is 22.8. The number of hydrogen-bond donors (Lipinski definition) is 3. The number of cyclic esters (lactones) is 1. The summed E-state index contributed by atoms with van der Waals surface area (Å²) in [6, 6.07) is 6.25. The van der Waals surface area contributed by atoms with Crippen molar-refractivity contribution in [2.75, 3.05) is 104 Å². The van der Waals surface area contributed by atoms with E-state index in [9.17, 15) is 14.7 Å². The van der Waals surface area contributed by atoms with Crippen molar-refractivity contribution in [1.29, 1.82) is 0 Å². The minimum Gasteiger partial charge on any atom is -0.464 e. The fraction of sp³-hybridized carbons (Fsp3) is 0.661. The molecule has 0 spiro atoms. The molecule has 19 nitrogen and oxygen atoms in total. The number of nitrogens with one attached hydrogen (secondary N) is 2. The molecular formula is C56H78N10O9S. The number of hydrazine groups is 1. The van der Waals surface area contributed by atoms with Crippen LogP contribution in [0.25, 0.3) is 33.4 Å². The number of nitrogens with zero attached hydrogens (tertiary/aromatic N) is 8. The maximum Gasteiger partial charge on any atom is 0.324 e. The highest BCUT2D eigenvalue weighted by molar-refractivity contribution is 7.10. The summed E-state index contributed by atoms with van der Waals surface area (Å²) in [4.78, 5) is 63.5. The third-order valence-electron chi connectivity index (χ3n) is 16.9. The van der Waals surface area contributed by atoms with Gasteiger partial charge in [-0.1, -0.05) is 19.9 Å². The van der Waals surface area contributed by atoms with Crippen LogP contribution in [0.2, 0.25) is 0 Å². The zero-order valence-corrected chi connectivity index (χ0v) is 45.9. The highest BCUT2D eigenvalue weighted by Crippen LogP contribution is 2.44. The average molecular weight is 1070 g/mol. The van der Waals surface area contributed by atoms with E-state index in [1.54, 1.807) is 18.9 Å². The molecule has 3 N–H and O–H groups in total. The van der Waals surface area contributed by atoms with E-state index in [2.05, 4.69) is 80.4 Å². The first-order valence-corrected chi connectivity index (χ1v) is 28.9. The number of methoxy groups -OCH3 is 1. The van der Waals surface area contributed by atoms with Crippen molar-refractivity contribution in [3.63, 3.8) is 0 Å². The number of hydrogen-bond acceptors (Lipinski definition) is 16. The number of morpholine rings is 1. The molecule has 412 valence electrons. The first kappa shape index (κ1) is 53.2. The molecule has 6 bridgehead atoms. The lowest BCUT2D eigenvalue weighted by Crippen LogP contribution is -2.66. The monoisotopic (exact) mass is 1070 g/mol. The number of aliphatic hydroxyl groups is 1. The molecule has 0 unspecified atom stereocenters. The molecule has 3 aromatic heterocycles. The lowest BCUT2D eigenvalue weighted by Gasteiger charge is -2.45. The molecule has 9 heterocycles. The Balaban J connectivity index is 1.06. The number of piperazine rings is 1. The van der Waals surface area contributed by atoms with E-state index < -0.39 is 41.6 Å². The number of urea groups is 1. The van der Waals surface area contributed by atoms with Crippen molar-refractivity contribution >= 4 is 45.8 Å². The van der Waals surface area contributed by atoms with Crippen molar-refractivity contribution in [2.45, 2.75) is 134 Å². The van der Waals surface area contributed by atoms with Crippen LogP contribution in [0.1, 0.15) is 101 Å². The highest BCUT2D eigenvalue weighted by Gasteiger charge is 2.45. The summed E-state index contributed by atoms with van der Waals surface area (Å²) in [5.74, 6) is -0.816. The Kier molecular flexibility index (Phi) is 16.0. The first-order chi connectivity index (χ1) is 36.8. The third kappa shape index (κ3) is 11.3. The lowest BCUT2D eigenvalue weighted by molar-refractivity contribution is -0.155. The smallest absolute Gasteiger partial charge is 0.324 e. The second kappa shape index (κ2) is 22.9. The molecule has 3 amide bonds. The Bertz CT molecular complexity index is 2710. The minimum atomic E-state index is -1.11. The molecule has 6 aliphatic heterocycles. The highest BCUT2D eigenvalue weighted by atomic mass is 32.1. The summed E-state index contributed by atoms with van der Waals surface area (Å²) < 4.78 is 33.1. The number of anilines is 1. The SMILES string of the molecule is CO[C@@H](C)c1ncc(N2CCN(C3CC3)CC2)cc1-c1c2c3cc(ccc3n1CCOC1CCOCC1)-c1csc(n1)[C@@H](N1CCOCC1)[C@H](NC(=O)N1CC[C@H]1[C@@H](C)O)C(=O)N1CCC[C@H](N1)C(=O)OCC(C)(C)C2. The molecule has 1 saturated carbocycles. The van der Waals surface area contributed by atoms with Gasteiger partial charge in [-0.25, -0.2) is 15.2 Å². The van der Waals surface area contributed by atoms with Gasteiger partial charge in [0.2, 0.25) is 0 Å². The number of amides is 3. The van der Waals surface area contributed by atoms with Crippen molar-refractivity contribution in [2.24, 2.45) is 5.41 Å². The van der Waals surface area contributed by atoms with Crippen LogP contribution in [-0.4, -0.2) is 193 Å². The summed E-state index contributed by atoms with van der Waals surface area (Å²) >= 11 is 1.47. The van der Waals surface area contributed by atoms with Crippen LogP contribution in [0.5, 0.6) is 0 Å². The van der Waals surface area contributed by atoms with Crippen molar-refractivity contribution < 1.29 is 43.2 Å². The number of fused-ring (bicyclic) bond motifs is 6. The Morgan fingerprint density at radius 2 is 1.72 bits per heavy atom. The molecule has 6 atom stereocenters. The number of likely N-dealkylation sites (tertiary alicyclic amines) is 1. The Morgan fingerprint density at radius 1 is 0.947 bits per heavy atom. The van der Waals surface area contributed by atoms with E-state index in [1.165, 1.54) is 29.2 Å². The number of carbonyl (C=O) groups is 3. The summed E-state index contributed by atoms with van der Waals surface area (Å²) in [5, 5.41) is 19.0. The van der Waals surface area contributed by atoms with E-state index in [0.29, 0.717) is 96.4 Å². The maximum atomic E-state index is 15.2. The number of benzene rings is 1. The Morgan fingerprint density at radius 3 is 2.45 bits per heavy atom. The summed E-state index contributed by atoms with van der Waals surface area (Å²) in [5.41, 5.74) is 10.4. The van der Waals surface area contributed by atoms with E-state index in [1.807, 2.05) is 6.20 Å². The summed E-state index contributed by atoms with van der Waals surface area (Å²) in [6.45, 7) is 17.2. The van der Waals surface area contributed by atoms with E-state index in [-0.39, 0.29) is 30.8 Å². The predicted molar refractivity (Wildman–Crippen MR) is 289 cm³/mol. The summed E-state index contributed by atoms with van der Waals surface area (Å²) in [6.07, 6.45) is 7.61. The Hall–Kier alpha value is -4.77. The number of rotatable bonds is 12.